The molecule has 7 heteroatoms. The Morgan fingerprint density at radius 3 is 2.65 bits per heavy atom. The zero-order valence-corrected chi connectivity index (χ0v) is 11.3. The van der Waals surface area contributed by atoms with Gasteiger partial charge in [0.25, 0.3) is 5.69 Å². The second-order valence-corrected chi connectivity index (χ2v) is 4.45. The van der Waals surface area contributed by atoms with Crippen LogP contribution in [0.15, 0.2) is 24.3 Å². The molecule has 0 unspecified atom stereocenters. The third-order valence-corrected chi connectivity index (χ3v) is 3.21. The first-order valence-electron chi connectivity index (χ1n) is 6.53. The van der Waals surface area contributed by atoms with Crippen molar-refractivity contribution in [2.45, 2.75) is 6.92 Å². The number of nitro groups is 1. The molecule has 1 fully saturated rings. The summed E-state index contributed by atoms with van der Waals surface area (Å²) in [6.07, 6.45) is -0.300. The molecule has 2 rings (SSSR count). The van der Waals surface area contributed by atoms with Gasteiger partial charge in [-0.25, -0.2) is 4.79 Å². The van der Waals surface area contributed by atoms with Crippen molar-refractivity contribution in [1.29, 1.82) is 0 Å². The Morgan fingerprint density at radius 2 is 2.05 bits per heavy atom. The molecule has 1 aromatic rings. The Kier molecular flexibility index (Phi) is 4.39. The van der Waals surface area contributed by atoms with Crippen LogP contribution in [0.4, 0.5) is 16.2 Å². The maximum absolute atomic E-state index is 11.6. The number of carbonyl (C=O) groups excluding carboxylic acids is 1. The van der Waals surface area contributed by atoms with Gasteiger partial charge >= 0.3 is 6.09 Å². The van der Waals surface area contributed by atoms with E-state index < -0.39 is 4.92 Å². The Labute approximate surface area is 116 Å². The molecular weight excluding hydrogens is 262 g/mol. The van der Waals surface area contributed by atoms with Crippen LogP contribution in [-0.4, -0.2) is 48.7 Å². The predicted molar refractivity (Wildman–Crippen MR) is 73.9 cm³/mol. The summed E-state index contributed by atoms with van der Waals surface area (Å²) >= 11 is 0. The van der Waals surface area contributed by atoms with Gasteiger partial charge in [-0.3, -0.25) is 10.1 Å². The molecular formula is C13H17N3O4. The van der Waals surface area contributed by atoms with Gasteiger partial charge in [-0.1, -0.05) is 6.07 Å². The minimum absolute atomic E-state index is 0.0790. The molecule has 20 heavy (non-hydrogen) atoms. The van der Waals surface area contributed by atoms with Crippen molar-refractivity contribution in [3.05, 3.63) is 34.4 Å². The number of amides is 1. The van der Waals surface area contributed by atoms with Crippen molar-refractivity contribution in [1.82, 2.24) is 4.90 Å². The fraction of sp³-hybridized carbons (Fsp3) is 0.462. The Bertz CT molecular complexity index is 498. The zero-order valence-electron chi connectivity index (χ0n) is 11.3. The first kappa shape index (κ1) is 14.1. The van der Waals surface area contributed by atoms with Gasteiger partial charge in [-0.2, -0.15) is 0 Å². The van der Waals surface area contributed by atoms with Crippen LogP contribution < -0.4 is 4.90 Å². The van der Waals surface area contributed by atoms with Crippen molar-refractivity contribution in [2.24, 2.45) is 0 Å². The van der Waals surface area contributed by atoms with Crippen molar-refractivity contribution in [3.63, 3.8) is 0 Å². The summed E-state index contributed by atoms with van der Waals surface area (Å²) in [5.74, 6) is 0. The highest BCUT2D eigenvalue weighted by molar-refractivity contribution is 5.68. The molecule has 0 N–H and O–H groups in total. The number of benzene rings is 1. The van der Waals surface area contributed by atoms with E-state index >= 15 is 0 Å². The number of piperazine rings is 1. The highest BCUT2D eigenvalue weighted by Crippen LogP contribution is 2.22. The van der Waals surface area contributed by atoms with Gasteiger partial charge in [0.1, 0.15) is 0 Å². The van der Waals surface area contributed by atoms with E-state index in [1.165, 1.54) is 6.07 Å². The minimum Gasteiger partial charge on any atom is -0.450 e. The van der Waals surface area contributed by atoms with E-state index in [-0.39, 0.29) is 11.8 Å². The van der Waals surface area contributed by atoms with Gasteiger partial charge < -0.3 is 14.5 Å². The van der Waals surface area contributed by atoms with E-state index in [0.29, 0.717) is 32.8 Å². The van der Waals surface area contributed by atoms with E-state index in [2.05, 4.69) is 0 Å². The molecule has 1 amide bonds. The number of carbonyl (C=O) groups is 1. The van der Waals surface area contributed by atoms with Crippen molar-refractivity contribution in [2.75, 3.05) is 37.7 Å². The van der Waals surface area contributed by atoms with E-state index in [4.69, 9.17) is 4.74 Å². The van der Waals surface area contributed by atoms with Crippen LogP contribution >= 0.6 is 0 Å². The van der Waals surface area contributed by atoms with Crippen LogP contribution in [0.5, 0.6) is 0 Å². The highest BCUT2D eigenvalue weighted by Gasteiger charge is 2.22. The van der Waals surface area contributed by atoms with Crippen LogP contribution in [0.2, 0.25) is 0 Å². The average molecular weight is 279 g/mol. The summed E-state index contributed by atoms with van der Waals surface area (Å²) in [5, 5.41) is 10.8. The van der Waals surface area contributed by atoms with Crippen LogP contribution in [0, 0.1) is 10.1 Å². The third kappa shape index (κ3) is 3.17. The monoisotopic (exact) mass is 279 g/mol. The molecule has 1 aromatic carbocycles. The van der Waals surface area contributed by atoms with Crippen LogP contribution in [-0.2, 0) is 4.74 Å². The molecule has 1 aliphatic heterocycles. The molecule has 0 radical (unpaired) electrons. The van der Waals surface area contributed by atoms with Gasteiger partial charge in [-0.05, 0) is 13.0 Å². The number of nitro benzene ring substituents is 1. The lowest BCUT2D eigenvalue weighted by atomic mass is 10.2. The lowest BCUT2D eigenvalue weighted by Gasteiger charge is -2.35. The van der Waals surface area contributed by atoms with Crippen molar-refractivity contribution >= 4 is 17.5 Å². The molecule has 0 aliphatic carbocycles. The SMILES string of the molecule is CCOC(=O)N1CCN(c2cccc([N+](=O)[O-])c2)CC1. The fourth-order valence-corrected chi connectivity index (χ4v) is 2.17. The number of nitrogens with zero attached hydrogens (tertiary/aromatic N) is 3. The summed E-state index contributed by atoms with van der Waals surface area (Å²) in [6.45, 7) is 4.53. The minimum atomic E-state index is -0.404. The second-order valence-electron chi connectivity index (χ2n) is 4.45. The highest BCUT2D eigenvalue weighted by atomic mass is 16.6. The number of anilines is 1. The fourth-order valence-electron chi connectivity index (χ4n) is 2.17. The summed E-state index contributed by atoms with van der Waals surface area (Å²) < 4.78 is 4.95. The molecule has 0 saturated carbocycles. The molecule has 1 heterocycles. The van der Waals surface area contributed by atoms with Crippen LogP contribution in [0.1, 0.15) is 6.92 Å². The summed E-state index contributed by atoms with van der Waals surface area (Å²) in [5.41, 5.74) is 0.887. The Balaban J connectivity index is 1.98. The number of hydrogen-bond acceptors (Lipinski definition) is 5. The number of hydrogen-bond donors (Lipinski definition) is 0. The Hall–Kier alpha value is -2.31. The topological polar surface area (TPSA) is 75.9 Å². The Morgan fingerprint density at radius 1 is 1.35 bits per heavy atom. The number of rotatable bonds is 3. The zero-order chi connectivity index (χ0) is 14.5. The third-order valence-electron chi connectivity index (χ3n) is 3.21. The van der Waals surface area contributed by atoms with Crippen LogP contribution in [0.3, 0.4) is 0 Å². The molecule has 0 atom stereocenters. The normalized spacial score (nSPS) is 15.1. The molecule has 7 nitrogen and oxygen atoms in total. The molecule has 108 valence electrons. The van der Waals surface area contributed by atoms with Crippen molar-refractivity contribution < 1.29 is 14.5 Å². The average Bonchev–Trinajstić information content (AvgIpc) is 2.48. The van der Waals surface area contributed by atoms with E-state index in [0.717, 1.165) is 5.69 Å². The van der Waals surface area contributed by atoms with Gasteiger partial charge in [0.2, 0.25) is 0 Å². The molecule has 0 aromatic heterocycles. The largest absolute Gasteiger partial charge is 0.450 e. The maximum Gasteiger partial charge on any atom is 0.409 e. The predicted octanol–water partition coefficient (Wildman–Crippen LogP) is 1.87. The van der Waals surface area contributed by atoms with Gasteiger partial charge in [-0.15, -0.1) is 0 Å². The summed E-state index contributed by atoms with van der Waals surface area (Å²) in [4.78, 5) is 25.6. The first-order chi connectivity index (χ1) is 9.61. The smallest absolute Gasteiger partial charge is 0.409 e. The van der Waals surface area contributed by atoms with Gasteiger partial charge in [0.05, 0.1) is 11.5 Å². The molecule has 1 saturated heterocycles. The summed E-state index contributed by atoms with van der Waals surface area (Å²) in [6, 6.07) is 6.54. The molecule has 0 spiro atoms. The van der Waals surface area contributed by atoms with Crippen LogP contribution in [0.25, 0.3) is 0 Å². The van der Waals surface area contributed by atoms with Gasteiger partial charge in [0, 0.05) is 44.0 Å². The van der Waals surface area contributed by atoms with Crippen molar-refractivity contribution in [3.8, 4) is 0 Å². The standard InChI is InChI=1S/C13H17N3O4/c1-2-20-13(17)15-8-6-14(7-9-15)11-4-3-5-12(10-11)16(18)19/h3-5,10H,2,6-9H2,1H3. The second kappa shape index (κ2) is 6.23. The lowest BCUT2D eigenvalue weighted by Crippen LogP contribution is -2.49. The first-order valence-corrected chi connectivity index (χ1v) is 6.53. The van der Waals surface area contributed by atoms with E-state index in [1.54, 1.807) is 24.0 Å². The number of ether oxygens (including phenoxy) is 1. The van der Waals surface area contributed by atoms with Gasteiger partial charge in [0.15, 0.2) is 0 Å². The molecule has 0 bridgehead atoms. The maximum atomic E-state index is 11.6. The number of non-ortho nitro benzene ring substituents is 1. The summed E-state index contributed by atoms with van der Waals surface area (Å²) in [7, 11) is 0. The van der Waals surface area contributed by atoms with E-state index in [1.807, 2.05) is 11.0 Å². The lowest BCUT2D eigenvalue weighted by molar-refractivity contribution is -0.384. The van der Waals surface area contributed by atoms with E-state index in [9.17, 15) is 14.9 Å². The quantitative estimate of drug-likeness (QED) is 0.623. The molecule has 1 aliphatic rings.